The summed E-state index contributed by atoms with van der Waals surface area (Å²) in [6, 6.07) is 13.8. The van der Waals surface area contributed by atoms with E-state index >= 15 is 0 Å². The van der Waals surface area contributed by atoms with Crippen molar-refractivity contribution in [3.05, 3.63) is 64.7 Å². The third-order valence-electron chi connectivity index (χ3n) is 5.34. The van der Waals surface area contributed by atoms with Crippen molar-refractivity contribution in [2.24, 2.45) is 0 Å². The van der Waals surface area contributed by atoms with E-state index in [1.807, 2.05) is 51.1 Å². The molecule has 33 heavy (non-hydrogen) atoms. The van der Waals surface area contributed by atoms with Crippen LogP contribution in [0.15, 0.2) is 48.5 Å². The molecule has 9 heteroatoms. The molecule has 0 radical (unpaired) electrons. The Morgan fingerprint density at radius 2 is 1.76 bits per heavy atom. The van der Waals surface area contributed by atoms with Crippen LogP contribution < -0.4 is 9.62 Å². The van der Waals surface area contributed by atoms with Gasteiger partial charge in [-0.1, -0.05) is 54.9 Å². The molecule has 0 aliphatic heterocycles. The van der Waals surface area contributed by atoms with E-state index in [2.05, 4.69) is 5.32 Å². The van der Waals surface area contributed by atoms with E-state index in [0.29, 0.717) is 30.1 Å². The zero-order valence-electron chi connectivity index (χ0n) is 19.5. The Morgan fingerprint density at radius 1 is 1.09 bits per heavy atom. The van der Waals surface area contributed by atoms with Gasteiger partial charge < -0.3 is 10.2 Å². The summed E-state index contributed by atoms with van der Waals surface area (Å²) in [5.74, 6) is -0.711. The van der Waals surface area contributed by atoms with Crippen LogP contribution in [0.25, 0.3) is 0 Å². The summed E-state index contributed by atoms with van der Waals surface area (Å²) in [5, 5.41) is 3.18. The van der Waals surface area contributed by atoms with Gasteiger partial charge in [0.05, 0.1) is 11.9 Å². The van der Waals surface area contributed by atoms with Gasteiger partial charge in [-0.2, -0.15) is 0 Å². The fourth-order valence-corrected chi connectivity index (χ4v) is 4.55. The number of likely N-dealkylation sites (N-methyl/N-ethyl adjacent to an activating group) is 1. The molecule has 0 bridgehead atoms. The van der Waals surface area contributed by atoms with E-state index < -0.39 is 28.5 Å². The largest absolute Gasteiger partial charge is 0.355 e. The molecule has 1 atom stereocenters. The number of carbonyl (C=O) groups is 2. The van der Waals surface area contributed by atoms with Gasteiger partial charge >= 0.3 is 0 Å². The average molecular weight is 494 g/mol. The molecule has 0 heterocycles. The number of anilines is 1. The van der Waals surface area contributed by atoms with Crippen LogP contribution in [0.5, 0.6) is 0 Å². The first-order chi connectivity index (χ1) is 15.6. The van der Waals surface area contributed by atoms with Crippen LogP contribution in [0.2, 0.25) is 5.02 Å². The summed E-state index contributed by atoms with van der Waals surface area (Å²) >= 11 is 6.20. The normalized spacial score (nSPS) is 12.2. The molecule has 1 N–H and O–H groups in total. The predicted molar refractivity (Wildman–Crippen MR) is 133 cm³/mol. The molecule has 7 nitrogen and oxygen atoms in total. The molecule has 180 valence electrons. The van der Waals surface area contributed by atoms with Gasteiger partial charge in [-0.3, -0.25) is 13.9 Å². The molecule has 0 spiro atoms. The van der Waals surface area contributed by atoms with E-state index in [-0.39, 0.29) is 12.5 Å². The van der Waals surface area contributed by atoms with Crippen LogP contribution in [0, 0.1) is 6.92 Å². The maximum atomic E-state index is 13.5. The molecule has 0 aliphatic carbocycles. The standard InChI is InChI=1S/C24H32ClN3O4S/c1-5-22(24(30)26-6-2)27(15-14-19-10-8-7-9-11-19)23(29)17-28(33(4,31)32)20-13-12-18(3)21(25)16-20/h7-13,16,22H,5-6,14-15,17H2,1-4H3,(H,26,30). The van der Waals surface area contributed by atoms with E-state index in [1.165, 1.54) is 11.0 Å². The molecule has 2 rings (SSSR count). The smallest absolute Gasteiger partial charge is 0.244 e. The molecule has 0 saturated carbocycles. The van der Waals surface area contributed by atoms with Crippen LogP contribution in [-0.4, -0.2) is 57.1 Å². The topological polar surface area (TPSA) is 86.8 Å². The van der Waals surface area contributed by atoms with Crippen molar-refractivity contribution in [3.8, 4) is 0 Å². The van der Waals surface area contributed by atoms with Gasteiger partial charge in [-0.15, -0.1) is 0 Å². The van der Waals surface area contributed by atoms with Crippen LogP contribution in [0.3, 0.4) is 0 Å². The highest BCUT2D eigenvalue weighted by molar-refractivity contribution is 7.92. The number of benzene rings is 2. The van der Waals surface area contributed by atoms with Crippen molar-refractivity contribution < 1.29 is 18.0 Å². The van der Waals surface area contributed by atoms with Gasteiger partial charge in [0.25, 0.3) is 0 Å². The van der Waals surface area contributed by atoms with Gasteiger partial charge in [0, 0.05) is 18.1 Å². The highest BCUT2D eigenvalue weighted by atomic mass is 35.5. The Bertz CT molecular complexity index is 1060. The van der Waals surface area contributed by atoms with Crippen molar-refractivity contribution >= 4 is 39.1 Å². The van der Waals surface area contributed by atoms with Gasteiger partial charge in [0.15, 0.2) is 0 Å². The van der Waals surface area contributed by atoms with Crippen molar-refractivity contribution in [1.29, 1.82) is 0 Å². The molecule has 2 amide bonds. The molecule has 1 unspecified atom stereocenters. The lowest BCUT2D eigenvalue weighted by molar-refractivity contribution is -0.139. The third kappa shape index (κ3) is 7.47. The Morgan fingerprint density at radius 3 is 2.30 bits per heavy atom. The first-order valence-electron chi connectivity index (χ1n) is 10.9. The first-order valence-corrected chi connectivity index (χ1v) is 13.2. The number of carbonyl (C=O) groups excluding carboxylic acids is 2. The Labute approximate surface area is 201 Å². The van der Waals surface area contributed by atoms with Crippen LogP contribution in [0.1, 0.15) is 31.4 Å². The number of halogens is 1. The molecule has 2 aromatic rings. The summed E-state index contributed by atoms with van der Waals surface area (Å²) < 4.78 is 26.2. The zero-order chi connectivity index (χ0) is 24.6. The van der Waals surface area contributed by atoms with Gasteiger partial charge in [0.1, 0.15) is 12.6 Å². The lowest BCUT2D eigenvalue weighted by Gasteiger charge is -2.32. The number of nitrogens with one attached hydrogen (secondary N) is 1. The molecule has 0 aromatic heterocycles. The molecule has 0 aliphatic rings. The lowest BCUT2D eigenvalue weighted by Crippen LogP contribution is -2.53. The molecule has 2 aromatic carbocycles. The second-order valence-corrected chi connectivity index (χ2v) is 10.2. The average Bonchev–Trinajstić information content (AvgIpc) is 2.76. The Kier molecular flexibility index (Phi) is 9.73. The third-order valence-corrected chi connectivity index (χ3v) is 6.89. The Hall–Kier alpha value is -2.58. The van der Waals surface area contributed by atoms with E-state index in [0.717, 1.165) is 21.7 Å². The van der Waals surface area contributed by atoms with Gasteiger partial charge in [0.2, 0.25) is 21.8 Å². The van der Waals surface area contributed by atoms with Gasteiger partial charge in [-0.05, 0) is 49.9 Å². The minimum absolute atomic E-state index is 0.259. The molecule has 0 saturated heterocycles. The quantitative estimate of drug-likeness (QED) is 0.519. The number of rotatable bonds is 11. The molecular weight excluding hydrogens is 462 g/mol. The van der Waals surface area contributed by atoms with E-state index in [1.54, 1.807) is 12.1 Å². The monoisotopic (exact) mass is 493 g/mol. The fraction of sp³-hybridized carbons (Fsp3) is 0.417. The zero-order valence-corrected chi connectivity index (χ0v) is 21.1. The number of hydrogen-bond donors (Lipinski definition) is 1. The number of amides is 2. The van der Waals surface area contributed by atoms with Crippen LogP contribution >= 0.6 is 11.6 Å². The summed E-state index contributed by atoms with van der Waals surface area (Å²) in [4.78, 5) is 27.7. The first kappa shape index (κ1) is 26.7. The Balaban J connectivity index is 2.36. The number of aryl methyl sites for hydroxylation is 1. The minimum Gasteiger partial charge on any atom is -0.355 e. The SMILES string of the molecule is CCNC(=O)C(CC)N(CCc1ccccc1)C(=O)CN(c1ccc(C)c(Cl)c1)S(C)(=O)=O. The van der Waals surface area contributed by atoms with Crippen molar-refractivity contribution in [1.82, 2.24) is 10.2 Å². The number of hydrogen-bond acceptors (Lipinski definition) is 4. The highest BCUT2D eigenvalue weighted by Crippen LogP contribution is 2.25. The van der Waals surface area contributed by atoms with E-state index in [9.17, 15) is 18.0 Å². The summed E-state index contributed by atoms with van der Waals surface area (Å²) in [6.45, 7) is 5.75. The van der Waals surface area contributed by atoms with Crippen LogP contribution in [-0.2, 0) is 26.0 Å². The van der Waals surface area contributed by atoms with Crippen molar-refractivity contribution in [2.45, 2.75) is 39.7 Å². The highest BCUT2D eigenvalue weighted by Gasteiger charge is 2.31. The molecular formula is C24H32ClN3O4S. The maximum Gasteiger partial charge on any atom is 0.244 e. The number of nitrogens with zero attached hydrogens (tertiary/aromatic N) is 2. The second-order valence-electron chi connectivity index (χ2n) is 7.84. The maximum absolute atomic E-state index is 13.5. The lowest BCUT2D eigenvalue weighted by atomic mass is 10.1. The van der Waals surface area contributed by atoms with Crippen molar-refractivity contribution in [3.63, 3.8) is 0 Å². The number of sulfonamides is 1. The second kappa shape index (κ2) is 12.0. The summed E-state index contributed by atoms with van der Waals surface area (Å²) in [5.41, 5.74) is 2.12. The fourth-order valence-electron chi connectivity index (χ4n) is 3.54. The van der Waals surface area contributed by atoms with Gasteiger partial charge in [-0.25, -0.2) is 8.42 Å². The minimum atomic E-state index is -3.78. The molecule has 0 fully saturated rings. The predicted octanol–water partition coefficient (Wildman–Crippen LogP) is 3.40. The summed E-state index contributed by atoms with van der Waals surface area (Å²) in [7, 11) is -3.78. The van der Waals surface area contributed by atoms with Crippen LogP contribution in [0.4, 0.5) is 5.69 Å². The summed E-state index contributed by atoms with van der Waals surface area (Å²) in [6.07, 6.45) is 1.99. The van der Waals surface area contributed by atoms with Crippen molar-refractivity contribution in [2.75, 3.05) is 30.2 Å². The van der Waals surface area contributed by atoms with E-state index in [4.69, 9.17) is 11.6 Å².